The zero-order valence-corrected chi connectivity index (χ0v) is 26.5. The molecule has 0 aliphatic carbocycles. The van der Waals surface area contributed by atoms with Gasteiger partial charge in [-0.3, -0.25) is 0 Å². The van der Waals surface area contributed by atoms with Crippen molar-refractivity contribution in [3.8, 4) is 23.0 Å². The lowest BCUT2D eigenvalue weighted by molar-refractivity contribution is 0.482. The highest BCUT2D eigenvalue weighted by Gasteiger charge is 2.25. The number of hydrogen-bond donors (Lipinski definition) is 0. The molecular formula is C40H36N4O2. The van der Waals surface area contributed by atoms with E-state index in [1.807, 2.05) is 72.8 Å². The molecule has 0 aromatic heterocycles. The quantitative estimate of drug-likeness (QED) is 0.199. The highest BCUT2D eigenvalue weighted by Crippen LogP contribution is 2.48. The standard InChI is InChI=1S/2C20H18N2O/c2*1-21-17-10-6-7-11-18(17)22(2)20-14-16(12-13-19(20)21)23-15-8-4-3-5-9-15/h2*3-14H,1-2H3. The van der Waals surface area contributed by atoms with E-state index in [9.17, 15) is 0 Å². The van der Waals surface area contributed by atoms with Crippen LogP contribution in [0, 0.1) is 0 Å². The van der Waals surface area contributed by atoms with E-state index >= 15 is 0 Å². The van der Waals surface area contributed by atoms with E-state index in [1.54, 1.807) is 0 Å². The Bertz CT molecular complexity index is 1840. The fraction of sp³-hybridized carbons (Fsp3) is 0.100. The van der Waals surface area contributed by atoms with Crippen molar-refractivity contribution in [2.24, 2.45) is 0 Å². The van der Waals surface area contributed by atoms with Gasteiger partial charge in [0, 0.05) is 40.3 Å². The van der Waals surface area contributed by atoms with Crippen molar-refractivity contribution in [1.82, 2.24) is 0 Å². The van der Waals surface area contributed by atoms with Gasteiger partial charge >= 0.3 is 0 Å². The molecule has 8 rings (SSSR count). The Morgan fingerprint density at radius 1 is 0.283 bits per heavy atom. The molecule has 0 spiro atoms. The lowest BCUT2D eigenvalue weighted by atomic mass is 10.1. The van der Waals surface area contributed by atoms with Gasteiger partial charge < -0.3 is 29.1 Å². The van der Waals surface area contributed by atoms with Gasteiger partial charge in [0.25, 0.3) is 0 Å². The summed E-state index contributed by atoms with van der Waals surface area (Å²) in [5.74, 6) is 3.38. The molecule has 6 heteroatoms. The average molecular weight is 605 g/mol. The molecule has 6 aromatic carbocycles. The molecule has 0 radical (unpaired) electrons. The fourth-order valence-electron chi connectivity index (χ4n) is 6.07. The Morgan fingerprint density at radius 2 is 0.565 bits per heavy atom. The van der Waals surface area contributed by atoms with E-state index < -0.39 is 0 Å². The topological polar surface area (TPSA) is 31.4 Å². The van der Waals surface area contributed by atoms with Crippen LogP contribution in [0.15, 0.2) is 146 Å². The number of para-hydroxylation sites is 6. The van der Waals surface area contributed by atoms with E-state index in [4.69, 9.17) is 9.47 Å². The first-order valence-electron chi connectivity index (χ1n) is 15.3. The van der Waals surface area contributed by atoms with Crippen LogP contribution in [0.25, 0.3) is 0 Å². The van der Waals surface area contributed by atoms with Crippen molar-refractivity contribution in [2.75, 3.05) is 47.8 Å². The molecule has 0 saturated heterocycles. The molecule has 228 valence electrons. The Labute approximate surface area is 270 Å². The Kier molecular flexibility index (Phi) is 7.69. The van der Waals surface area contributed by atoms with Crippen LogP contribution in [0.3, 0.4) is 0 Å². The molecule has 2 aliphatic rings. The highest BCUT2D eigenvalue weighted by atomic mass is 16.5. The summed E-state index contributed by atoms with van der Waals surface area (Å²) in [4.78, 5) is 8.86. The number of ether oxygens (including phenoxy) is 2. The van der Waals surface area contributed by atoms with Crippen molar-refractivity contribution in [3.05, 3.63) is 146 Å². The lowest BCUT2D eigenvalue weighted by Gasteiger charge is -2.36. The van der Waals surface area contributed by atoms with Gasteiger partial charge in [0.2, 0.25) is 0 Å². The molecule has 2 aliphatic heterocycles. The van der Waals surface area contributed by atoms with Crippen LogP contribution in [0.1, 0.15) is 0 Å². The summed E-state index contributed by atoms with van der Waals surface area (Å²) in [5.41, 5.74) is 9.43. The number of hydrogen-bond acceptors (Lipinski definition) is 6. The molecule has 0 N–H and O–H groups in total. The molecule has 2 heterocycles. The number of fused-ring (bicyclic) bond motifs is 4. The maximum atomic E-state index is 5.97. The van der Waals surface area contributed by atoms with E-state index in [0.717, 1.165) is 34.4 Å². The minimum atomic E-state index is 0.842. The van der Waals surface area contributed by atoms with E-state index in [1.165, 1.54) is 34.1 Å². The Balaban J connectivity index is 0.000000147. The average Bonchev–Trinajstić information content (AvgIpc) is 3.11. The van der Waals surface area contributed by atoms with Gasteiger partial charge in [0.05, 0.1) is 45.5 Å². The third kappa shape index (κ3) is 5.46. The van der Waals surface area contributed by atoms with E-state index in [0.29, 0.717) is 0 Å². The summed E-state index contributed by atoms with van der Waals surface area (Å²) in [6.07, 6.45) is 0. The van der Waals surface area contributed by atoms with E-state index in [-0.39, 0.29) is 0 Å². The minimum Gasteiger partial charge on any atom is -0.457 e. The third-order valence-electron chi connectivity index (χ3n) is 8.51. The summed E-state index contributed by atoms with van der Waals surface area (Å²) in [6, 6.07) is 49.0. The summed E-state index contributed by atoms with van der Waals surface area (Å²) < 4.78 is 11.9. The predicted molar refractivity (Wildman–Crippen MR) is 191 cm³/mol. The van der Waals surface area contributed by atoms with Gasteiger partial charge in [-0.1, -0.05) is 60.7 Å². The molecule has 0 unspecified atom stereocenters. The largest absolute Gasteiger partial charge is 0.457 e. The number of benzene rings is 6. The van der Waals surface area contributed by atoms with Gasteiger partial charge in [-0.15, -0.1) is 0 Å². The number of anilines is 8. The second-order valence-corrected chi connectivity index (χ2v) is 11.3. The minimum absolute atomic E-state index is 0.842. The Hall–Kier alpha value is -5.88. The monoisotopic (exact) mass is 604 g/mol. The van der Waals surface area contributed by atoms with Crippen LogP contribution in [-0.2, 0) is 0 Å². The molecule has 46 heavy (non-hydrogen) atoms. The van der Waals surface area contributed by atoms with Crippen LogP contribution in [0.4, 0.5) is 45.5 Å². The number of nitrogens with zero attached hydrogens (tertiary/aromatic N) is 4. The predicted octanol–water partition coefficient (Wildman–Crippen LogP) is 10.7. The Morgan fingerprint density at radius 3 is 0.913 bits per heavy atom. The first-order valence-corrected chi connectivity index (χ1v) is 15.3. The van der Waals surface area contributed by atoms with Crippen LogP contribution in [0.5, 0.6) is 23.0 Å². The van der Waals surface area contributed by atoms with Crippen molar-refractivity contribution < 1.29 is 9.47 Å². The van der Waals surface area contributed by atoms with Crippen molar-refractivity contribution in [3.63, 3.8) is 0 Å². The molecule has 0 atom stereocenters. The lowest BCUT2D eigenvalue weighted by Crippen LogP contribution is -2.24. The van der Waals surface area contributed by atoms with Crippen molar-refractivity contribution in [2.45, 2.75) is 0 Å². The van der Waals surface area contributed by atoms with Crippen LogP contribution in [0.2, 0.25) is 0 Å². The van der Waals surface area contributed by atoms with E-state index in [2.05, 4.69) is 121 Å². The van der Waals surface area contributed by atoms with Gasteiger partial charge in [-0.2, -0.15) is 0 Å². The van der Waals surface area contributed by atoms with Crippen molar-refractivity contribution in [1.29, 1.82) is 0 Å². The molecule has 6 nitrogen and oxygen atoms in total. The summed E-state index contributed by atoms with van der Waals surface area (Å²) >= 11 is 0. The van der Waals surface area contributed by atoms with Crippen LogP contribution in [-0.4, -0.2) is 28.2 Å². The zero-order valence-electron chi connectivity index (χ0n) is 26.5. The third-order valence-corrected chi connectivity index (χ3v) is 8.51. The highest BCUT2D eigenvalue weighted by molar-refractivity contribution is 5.94. The van der Waals surface area contributed by atoms with Gasteiger partial charge in [0.15, 0.2) is 0 Å². The first-order chi connectivity index (χ1) is 22.5. The summed E-state index contributed by atoms with van der Waals surface area (Å²) in [6.45, 7) is 0. The van der Waals surface area contributed by atoms with Gasteiger partial charge in [-0.25, -0.2) is 0 Å². The van der Waals surface area contributed by atoms with Gasteiger partial charge in [-0.05, 0) is 72.8 Å². The first kappa shape index (κ1) is 28.9. The second kappa shape index (κ2) is 12.3. The maximum absolute atomic E-state index is 5.97. The molecule has 6 aromatic rings. The SMILES string of the molecule is CN1c2ccccc2N(C)c2cc(Oc3ccccc3)ccc21.CN1c2ccccc2N(C)c2cc(Oc3ccccc3)ccc21. The summed E-state index contributed by atoms with van der Waals surface area (Å²) in [5, 5.41) is 0. The van der Waals surface area contributed by atoms with Crippen molar-refractivity contribution >= 4 is 45.5 Å². The fourth-order valence-corrected chi connectivity index (χ4v) is 6.07. The summed E-state index contributed by atoms with van der Waals surface area (Å²) in [7, 11) is 8.39. The zero-order chi connectivity index (χ0) is 31.6. The molecular weight excluding hydrogens is 568 g/mol. The molecule has 0 amide bonds. The number of rotatable bonds is 4. The molecule has 0 saturated carbocycles. The van der Waals surface area contributed by atoms with Gasteiger partial charge in [0.1, 0.15) is 23.0 Å². The molecule has 0 fully saturated rings. The van der Waals surface area contributed by atoms with Crippen LogP contribution >= 0.6 is 0 Å². The maximum Gasteiger partial charge on any atom is 0.129 e. The second-order valence-electron chi connectivity index (χ2n) is 11.3. The van der Waals surface area contributed by atoms with Crippen LogP contribution < -0.4 is 29.1 Å². The smallest absolute Gasteiger partial charge is 0.129 e. The molecule has 0 bridgehead atoms. The normalized spacial score (nSPS) is 12.6.